The lowest BCUT2D eigenvalue weighted by molar-refractivity contribution is -0.135. The maximum Gasteiger partial charge on any atom is 0.291 e. The van der Waals surface area contributed by atoms with Gasteiger partial charge in [0.1, 0.15) is 18.0 Å². The summed E-state index contributed by atoms with van der Waals surface area (Å²) in [6.45, 7) is 0.641. The van der Waals surface area contributed by atoms with Crippen LogP contribution in [0.5, 0.6) is 0 Å². The highest BCUT2D eigenvalue weighted by Gasteiger charge is 2.42. The van der Waals surface area contributed by atoms with Gasteiger partial charge in [-0.05, 0) is 43.6 Å². The van der Waals surface area contributed by atoms with Gasteiger partial charge in [-0.25, -0.2) is 4.98 Å². The van der Waals surface area contributed by atoms with Crippen molar-refractivity contribution >= 4 is 17.5 Å². The Balaban J connectivity index is 1.22. The van der Waals surface area contributed by atoms with Crippen molar-refractivity contribution < 1.29 is 9.59 Å². The van der Waals surface area contributed by atoms with Crippen molar-refractivity contribution in [2.45, 2.75) is 57.2 Å². The van der Waals surface area contributed by atoms with Crippen molar-refractivity contribution in [3.05, 3.63) is 35.4 Å². The molecule has 2 aliphatic heterocycles. The van der Waals surface area contributed by atoms with Crippen molar-refractivity contribution in [2.75, 3.05) is 13.6 Å². The third-order valence-corrected chi connectivity index (χ3v) is 6.26. The highest BCUT2D eigenvalue weighted by molar-refractivity contribution is 5.95. The van der Waals surface area contributed by atoms with Gasteiger partial charge in [-0.15, -0.1) is 5.10 Å². The normalized spacial score (nSPS) is 26.2. The van der Waals surface area contributed by atoms with Gasteiger partial charge in [0.25, 0.3) is 5.91 Å². The third-order valence-electron chi connectivity index (χ3n) is 6.26. The Kier molecular flexibility index (Phi) is 4.88. The molecule has 1 aromatic rings. The summed E-state index contributed by atoms with van der Waals surface area (Å²) in [6, 6.07) is -0.599. The van der Waals surface area contributed by atoms with Gasteiger partial charge in [0.05, 0.1) is 0 Å². The molecule has 30 heavy (non-hydrogen) atoms. The molecule has 1 saturated heterocycles. The molecule has 0 bridgehead atoms. The number of rotatable bonds is 5. The summed E-state index contributed by atoms with van der Waals surface area (Å²) in [4.78, 5) is 31.7. The van der Waals surface area contributed by atoms with Crippen LogP contribution in [0.15, 0.2) is 28.9 Å². The van der Waals surface area contributed by atoms with Gasteiger partial charge in [0.15, 0.2) is 0 Å². The average molecular weight is 409 g/mol. The van der Waals surface area contributed by atoms with E-state index in [2.05, 4.69) is 38.7 Å². The van der Waals surface area contributed by atoms with Crippen LogP contribution in [-0.4, -0.2) is 68.4 Å². The number of likely N-dealkylation sites (N-methyl/N-ethyl adjacent to an activating group) is 1. The Hall–Kier alpha value is -2.97. The van der Waals surface area contributed by atoms with Crippen molar-refractivity contribution in [3.8, 4) is 0 Å². The SMILES string of the molecule is CN1C(=O)C(NC(=O)c2n[nH]c(CC3=CCCC=C3)n2)CCN2N=C(C3CC3)CC21. The molecule has 4 aliphatic rings. The molecule has 9 nitrogen and oxygen atoms in total. The number of hydrazone groups is 1. The van der Waals surface area contributed by atoms with Crippen LogP contribution in [0.25, 0.3) is 0 Å². The molecule has 0 radical (unpaired) electrons. The molecule has 2 atom stereocenters. The number of aromatic nitrogens is 3. The maximum atomic E-state index is 13.0. The minimum atomic E-state index is -0.599. The topological polar surface area (TPSA) is 107 Å². The van der Waals surface area contributed by atoms with Gasteiger partial charge in [-0.3, -0.25) is 19.7 Å². The largest absolute Gasteiger partial charge is 0.337 e. The quantitative estimate of drug-likeness (QED) is 0.764. The molecular weight excluding hydrogens is 382 g/mol. The standard InChI is InChI=1S/C21H27N7O2/c1-27-18-12-16(14-7-8-14)26-28(18)10-9-15(21(27)30)22-20(29)19-23-17(24-25-19)11-13-5-3-2-4-6-13/h3,5-6,14-15,18H,2,4,7-12H2,1H3,(H,22,29)(H,23,24,25). The van der Waals surface area contributed by atoms with Crippen molar-refractivity contribution in [1.82, 2.24) is 30.4 Å². The molecule has 2 fully saturated rings. The lowest BCUT2D eigenvalue weighted by atomic mass is 10.0. The first kappa shape index (κ1) is 19.0. The van der Waals surface area contributed by atoms with Crippen molar-refractivity contribution in [3.63, 3.8) is 0 Å². The van der Waals surface area contributed by atoms with Crippen LogP contribution in [0.3, 0.4) is 0 Å². The number of fused-ring (bicyclic) bond motifs is 1. The number of hydrogen-bond donors (Lipinski definition) is 2. The molecule has 3 heterocycles. The van der Waals surface area contributed by atoms with Crippen LogP contribution in [-0.2, 0) is 11.2 Å². The first-order valence-corrected chi connectivity index (χ1v) is 10.8. The maximum absolute atomic E-state index is 13.0. The van der Waals surface area contributed by atoms with E-state index >= 15 is 0 Å². The van der Waals surface area contributed by atoms with E-state index in [4.69, 9.17) is 5.10 Å². The van der Waals surface area contributed by atoms with Crippen LogP contribution in [0, 0.1) is 5.92 Å². The smallest absolute Gasteiger partial charge is 0.291 e. The highest BCUT2D eigenvalue weighted by atomic mass is 16.2. The monoisotopic (exact) mass is 409 g/mol. The van der Waals surface area contributed by atoms with E-state index < -0.39 is 11.9 Å². The number of amides is 2. The van der Waals surface area contributed by atoms with Crippen molar-refractivity contribution in [2.24, 2.45) is 11.0 Å². The van der Waals surface area contributed by atoms with Crippen LogP contribution in [0.4, 0.5) is 0 Å². The summed E-state index contributed by atoms with van der Waals surface area (Å²) >= 11 is 0. The van der Waals surface area contributed by atoms with Crippen molar-refractivity contribution in [1.29, 1.82) is 0 Å². The molecule has 2 aliphatic carbocycles. The van der Waals surface area contributed by atoms with Gasteiger partial charge in [-0.1, -0.05) is 18.2 Å². The predicted octanol–water partition coefficient (Wildman–Crippen LogP) is 1.38. The summed E-state index contributed by atoms with van der Waals surface area (Å²) in [5.74, 6) is 0.804. The lowest BCUT2D eigenvalue weighted by Gasteiger charge is -2.29. The molecule has 2 unspecified atom stereocenters. The molecule has 158 valence electrons. The van der Waals surface area contributed by atoms with E-state index in [0.717, 1.165) is 24.8 Å². The number of allylic oxidation sites excluding steroid dienone is 4. The van der Waals surface area contributed by atoms with Gasteiger partial charge in [-0.2, -0.15) is 5.10 Å². The number of carbonyl (C=O) groups excluding carboxylic acids is 2. The number of hydrogen-bond acceptors (Lipinski definition) is 6. The zero-order valence-electron chi connectivity index (χ0n) is 17.2. The fourth-order valence-corrected chi connectivity index (χ4v) is 4.37. The van der Waals surface area contributed by atoms with Gasteiger partial charge >= 0.3 is 0 Å². The highest BCUT2D eigenvalue weighted by Crippen LogP contribution is 2.37. The Labute approximate surface area is 175 Å². The van der Waals surface area contributed by atoms with Gasteiger partial charge < -0.3 is 10.2 Å². The zero-order valence-corrected chi connectivity index (χ0v) is 17.2. The fourth-order valence-electron chi connectivity index (χ4n) is 4.37. The van der Waals surface area contributed by atoms with E-state index in [9.17, 15) is 9.59 Å². The van der Waals surface area contributed by atoms with Crippen LogP contribution >= 0.6 is 0 Å². The van der Waals surface area contributed by atoms with Gasteiger partial charge in [0, 0.05) is 32.1 Å². The molecule has 1 aromatic heterocycles. The fraction of sp³-hybridized carbons (Fsp3) is 0.571. The minimum absolute atomic E-state index is 0.0399. The number of H-pyrrole nitrogens is 1. The van der Waals surface area contributed by atoms with E-state index in [1.165, 1.54) is 18.6 Å². The molecule has 2 N–H and O–H groups in total. The predicted molar refractivity (Wildman–Crippen MR) is 110 cm³/mol. The van der Waals surface area contributed by atoms with Crippen LogP contribution in [0.2, 0.25) is 0 Å². The first-order chi connectivity index (χ1) is 14.6. The number of aromatic amines is 1. The molecule has 5 rings (SSSR count). The van der Waals surface area contributed by atoms with E-state index in [-0.39, 0.29) is 17.9 Å². The Morgan fingerprint density at radius 1 is 1.30 bits per heavy atom. The van der Waals surface area contributed by atoms with E-state index in [1.807, 2.05) is 5.01 Å². The average Bonchev–Trinajstić information content (AvgIpc) is 3.37. The Bertz CT molecular complexity index is 943. The second-order valence-electron chi connectivity index (χ2n) is 8.52. The summed E-state index contributed by atoms with van der Waals surface area (Å²) in [6.07, 6.45) is 12.8. The van der Waals surface area contributed by atoms with Crippen LogP contribution in [0.1, 0.15) is 55.0 Å². The lowest BCUT2D eigenvalue weighted by Crippen LogP contribution is -2.49. The van der Waals surface area contributed by atoms with E-state index in [0.29, 0.717) is 31.1 Å². The molecule has 0 spiro atoms. The Morgan fingerprint density at radius 3 is 2.93 bits per heavy atom. The van der Waals surface area contributed by atoms with Gasteiger partial charge in [0.2, 0.25) is 11.7 Å². The first-order valence-electron chi connectivity index (χ1n) is 10.8. The summed E-state index contributed by atoms with van der Waals surface area (Å²) in [5, 5.41) is 16.5. The molecular formula is C21H27N7O2. The second-order valence-corrected chi connectivity index (χ2v) is 8.52. The second kappa shape index (κ2) is 7.70. The minimum Gasteiger partial charge on any atom is -0.337 e. The molecule has 2 amide bonds. The molecule has 1 saturated carbocycles. The molecule has 0 aromatic carbocycles. The summed E-state index contributed by atoms with van der Waals surface area (Å²) < 4.78 is 0. The Morgan fingerprint density at radius 2 is 2.17 bits per heavy atom. The number of carbonyl (C=O) groups is 2. The third kappa shape index (κ3) is 3.76. The number of nitrogens with zero attached hydrogens (tertiary/aromatic N) is 5. The zero-order chi connectivity index (χ0) is 20.7. The summed E-state index contributed by atoms with van der Waals surface area (Å²) in [5.41, 5.74) is 2.38. The number of nitrogens with one attached hydrogen (secondary N) is 2. The molecule has 9 heteroatoms. The summed E-state index contributed by atoms with van der Waals surface area (Å²) in [7, 11) is 1.80. The van der Waals surface area contributed by atoms with Crippen LogP contribution < -0.4 is 5.32 Å². The van der Waals surface area contributed by atoms with E-state index in [1.54, 1.807) is 11.9 Å².